The first-order valence-electron chi connectivity index (χ1n) is 12.3. The molecule has 1 saturated heterocycles. The van der Waals surface area contributed by atoms with Gasteiger partial charge in [0.15, 0.2) is 23.1 Å². The highest BCUT2D eigenvalue weighted by molar-refractivity contribution is 7.91. The van der Waals surface area contributed by atoms with E-state index >= 15 is 0 Å². The monoisotopic (exact) mass is 574 g/mol. The number of pyridine rings is 1. The average Bonchev–Trinajstić information content (AvgIpc) is 3.21. The van der Waals surface area contributed by atoms with E-state index in [2.05, 4.69) is 20.3 Å². The molecule has 10 nitrogen and oxygen atoms in total. The van der Waals surface area contributed by atoms with Gasteiger partial charge in [-0.1, -0.05) is 17.7 Å². The Morgan fingerprint density at radius 2 is 2.03 bits per heavy atom. The highest BCUT2D eigenvalue weighted by Crippen LogP contribution is 2.36. The minimum Gasteiger partial charge on any atom is -0.444 e. The quantitative estimate of drug-likeness (QED) is 0.466. The Kier molecular flexibility index (Phi) is 6.66. The molecule has 13 heteroatoms. The van der Waals surface area contributed by atoms with Crippen molar-refractivity contribution in [3.63, 3.8) is 0 Å². The van der Waals surface area contributed by atoms with E-state index in [1.54, 1.807) is 52.0 Å². The number of hydrogen-bond donors (Lipinski definition) is 1. The predicted molar refractivity (Wildman–Crippen MR) is 146 cm³/mol. The van der Waals surface area contributed by atoms with Gasteiger partial charge >= 0.3 is 6.09 Å². The number of nitrogens with zero attached hydrogens (tertiary/aromatic N) is 5. The molecule has 1 atom stereocenters. The number of likely N-dealkylation sites (tertiary alicyclic amines) is 1. The fourth-order valence-corrected chi connectivity index (χ4v) is 6.48. The van der Waals surface area contributed by atoms with Gasteiger partial charge in [-0.3, -0.25) is 0 Å². The number of rotatable bonds is 5. The fraction of sp³-hybridized carbons (Fsp3) is 0.385. The van der Waals surface area contributed by atoms with Crippen molar-refractivity contribution in [2.45, 2.75) is 50.5 Å². The maximum atomic E-state index is 14.7. The predicted octanol–water partition coefficient (Wildman–Crippen LogP) is 4.68. The largest absolute Gasteiger partial charge is 0.444 e. The van der Waals surface area contributed by atoms with Crippen LogP contribution in [-0.4, -0.2) is 67.8 Å². The first kappa shape index (κ1) is 27.1. The van der Waals surface area contributed by atoms with Crippen molar-refractivity contribution in [3.8, 4) is 11.4 Å². The first-order valence-corrected chi connectivity index (χ1v) is 14.1. The number of hydrogen-bond acceptors (Lipinski definition) is 8. The average molecular weight is 575 g/mol. The van der Waals surface area contributed by atoms with E-state index in [-0.39, 0.29) is 29.8 Å². The summed E-state index contributed by atoms with van der Waals surface area (Å²) in [7, 11) is -4.02. The molecule has 0 bridgehead atoms. The maximum Gasteiger partial charge on any atom is 0.410 e. The molecular weight excluding hydrogens is 547 g/mol. The highest BCUT2D eigenvalue weighted by atomic mass is 35.5. The molecule has 1 fully saturated rings. The molecule has 0 saturated carbocycles. The summed E-state index contributed by atoms with van der Waals surface area (Å²) in [6.07, 6.45) is 8.60. The van der Waals surface area contributed by atoms with Gasteiger partial charge < -0.3 is 15.0 Å². The van der Waals surface area contributed by atoms with Crippen LogP contribution in [0.3, 0.4) is 0 Å². The maximum absolute atomic E-state index is 14.7. The van der Waals surface area contributed by atoms with Crippen LogP contribution in [0.4, 0.5) is 15.0 Å². The lowest BCUT2D eigenvalue weighted by molar-refractivity contribution is 0.0104. The van der Waals surface area contributed by atoms with E-state index < -0.39 is 32.3 Å². The zero-order valence-electron chi connectivity index (χ0n) is 21.9. The Morgan fingerprint density at radius 3 is 2.72 bits per heavy atom. The summed E-state index contributed by atoms with van der Waals surface area (Å²) < 4.78 is 47.5. The Labute approximate surface area is 230 Å². The smallest absolute Gasteiger partial charge is 0.410 e. The number of allylic oxidation sites excluding steroid dienone is 3. The SMILES string of the molecule is CC(C)(C)OC(=O)N1CC(Nc2nc(-c3cn(S(=O)(=O)C4(C)C=C(Cl)C=CC4)c4ncccc34)ncc2F)C1. The van der Waals surface area contributed by atoms with Crippen LogP contribution in [-0.2, 0) is 14.8 Å². The Bertz CT molecular complexity index is 1620. The molecule has 0 spiro atoms. The molecule has 1 aliphatic heterocycles. The topological polar surface area (TPSA) is 119 Å². The minimum atomic E-state index is -4.02. The van der Waals surface area contributed by atoms with Crippen molar-refractivity contribution in [2.24, 2.45) is 0 Å². The number of ether oxygens (including phenoxy) is 1. The van der Waals surface area contributed by atoms with Crippen molar-refractivity contribution in [2.75, 3.05) is 18.4 Å². The third-order valence-corrected chi connectivity index (χ3v) is 8.98. The molecule has 2 aliphatic rings. The van der Waals surface area contributed by atoms with Crippen molar-refractivity contribution >= 4 is 44.6 Å². The lowest BCUT2D eigenvalue weighted by atomic mass is 10.0. The number of aromatic nitrogens is 4. The molecule has 3 aromatic heterocycles. The molecule has 1 unspecified atom stereocenters. The minimum absolute atomic E-state index is 0.0550. The van der Waals surface area contributed by atoms with Gasteiger partial charge in [0.25, 0.3) is 0 Å². The molecule has 1 N–H and O–H groups in total. The van der Waals surface area contributed by atoms with Crippen molar-refractivity contribution in [3.05, 3.63) is 59.8 Å². The number of carbonyl (C=O) groups excluding carboxylic acids is 1. The van der Waals surface area contributed by atoms with Gasteiger partial charge in [-0.05, 0) is 58.4 Å². The van der Waals surface area contributed by atoms with Gasteiger partial charge in [-0.2, -0.15) is 0 Å². The number of anilines is 1. The molecule has 3 aromatic rings. The fourth-order valence-electron chi connectivity index (χ4n) is 4.44. The van der Waals surface area contributed by atoms with E-state index in [9.17, 15) is 17.6 Å². The lowest BCUT2D eigenvalue weighted by Gasteiger charge is -2.40. The molecule has 4 heterocycles. The Balaban J connectivity index is 1.45. The van der Waals surface area contributed by atoms with Crippen molar-refractivity contribution in [1.82, 2.24) is 23.8 Å². The standard InChI is InChI=1S/C26H28ClFN6O4S/c1-25(2,3)38-24(35)33-13-17(14-33)31-22-20(28)12-30-21(32-22)19-15-34(23-18(19)8-6-10-29-23)39(36,37)26(4)9-5-7-16(27)11-26/h5-8,10-12,15,17H,9,13-14H2,1-4H3,(H,30,31,32). The zero-order chi connectivity index (χ0) is 28.2. The van der Waals surface area contributed by atoms with Crippen LogP contribution < -0.4 is 5.32 Å². The summed E-state index contributed by atoms with van der Waals surface area (Å²) >= 11 is 6.15. The second-order valence-corrected chi connectivity index (χ2v) is 13.5. The Hall–Kier alpha value is -3.51. The molecule has 0 aromatic carbocycles. The summed E-state index contributed by atoms with van der Waals surface area (Å²) in [4.78, 5) is 26.5. The van der Waals surface area contributed by atoms with E-state index in [0.717, 1.165) is 10.2 Å². The van der Waals surface area contributed by atoms with Gasteiger partial charge in [-0.15, -0.1) is 0 Å². The first-order chi connectivity index (χ1) is 18.3. The summed E-state index contributed by atoms with van der Waals surface area (Å²) in [5.41, 5.74) is -0.0423. The highest BCUT2D eigenvalue weighted by Gasteiger charge is 2.41. The third-order valence-electron chi connectivity index (χ3n) is 6.48. The van der Waals surface area contributed by atoms with Crippen LogP contribution in [0, 0.1) is 5.82 Å². The van der Waals surface area contributed by atoms with Gasteiger partial charge in [0.1, 0.15) is 10.3 Å². The summed E-state index contributed by atoms with van der Waals surface area (Å²) in [5, 5.41) is 3.82. The van der Waals surface area contributed by atoms with Crippen LogP contribution in [0.1, 0.15) is 34.1 Å². The van der Waals surface area contributed by atoms with Crippen LogP contribution >= 0.6 is 11.6 Å². The molecule has 1 amide bonds. The second-order valence-electron chi connectivity index (χ2n) is 10.8. The molecule has 1 aliphatic carbocycles. The molecule has 0 radical (unpaired) electrons. The molecule has 5 rings (SSSR count). The van der Waals surface area contributed by atoms with Gasteiger partial charge in [-0.25, -0.2) is 36.5 Å². The van der Waals surface area contributed by atoms with E-state index in [1.807, 2.05) is 0 Å². The van der Waals surface area contributed by atoms with Crippen molar-refractivity contribution < 1.29 is 22.3 Å². The number of amides is 1. The van der Waals surface area contributed by atoms with E-state index in [1.165, 1.54) is 23.4 Å². The van der Waals surface area contributed by atoms with Crippen LogP contribution in [0.5, 0.6) is 0 Å². The number of halogens is 2. The Morgan fingerprint density at radius 1 is 1.28 bits per heavy atom. The normalized spacial score (nSPS) is 20.1. The number of nitrogens with one attached hydrogen (secondary N) is 1. The van der Waals surface area contributed by atoms with Gasteiger partial charge in [0.2, 0.25) is 10.0 Å². The summed E-state index contributed by atoms with van der Waals surface area (Å²) in [6.45, 7) is 7.59. The van der Waals surface area contributed by atoms with Gasteiger partial charge in [0, 0.05) is 41.5 Å². The van der Waals surface area contributed by atoms with Crippen LogP contribution in [0.25, 0.3) is 22.4 Å². The summed E-state index contributed by atoms with van der Waals surface area (Å²) in [5.74, 6) is -0.609. The van der Waals surface area contributed by atoms with E-state index in [4.69, 9.17) is 16.3 Å². The van der Waals surface area contributed by atoms with Gasteiger partial charge in [0.05, 0.1) is 12.2 Å². The molecule has 206 valence electrons. The van der Waals surface area contributed by atoms with E-state index in [0.29, 0.717) is 29.1 Å². The summed E-state index contributed by atoms with van der Waals surface area (Å²) in [6, 6.07) is 3.14. The molecular formula is C26H28ClFN6O4S. The lowest BCUT2D eigenvalue weighted by Crippen LogP contribution is -2.58. The number of fused-ring (bicyclic) bond motifs is 1. The third kappa shape index (κ3) is 5.10. The molecule has 39 heavy (non-hydrogen) atoms. The van der Waals surface area contributed by atoms with Crippen molar-refractivity contribution in [1.29, 1.82) is 0 Å². The van der Waals surface area contributed by atoms with Crippen LogP contribution in [0.15, 0.2) is 54.0 Å². The number of carbonyl (C=O) groups is 1. The van der Waals surface area contributed by atoms with Crippen LogP contribution in [0.2, 0.25) is 0 Å². The second kappa shape index (κ2) is 9.60. The zero-order valence-corrected chi connectivity index (χ0v) is 23.4.